The topological polar surface area (TPSA) is 116 Å². The van der Waals surface area contributed by atoms with Gasteiger partial charge in [-0.2, -0.15) is 0 Å². The number of fused-ring (bicyclic) bond motifs is 1. The highest BCUT2D eigenvalue weighted by Gasteiger charge is 2.35. The van der Waals surface area contributed by atoms with Gasteiger partial charge in [0.1, 0.15) is 12.4 Å². The lowest BCUT2D eigenvalue weighted by Crippen LogP contribution is -2.39. The highest BCUT2D eigenvalue weighted by atomic mass is 31.2. The van der Waals surface area contributed by atoms with E-state index in [1.165, 1.54) is 19.1 Å². The molecule has 0 aliphatic carbocycles. The van der Waals surface area contributed by atoms with Crippen LogP contribution in [0.5, 0.6) is 0 Å². The molecule has 0 amide bonds. The Morgan fingerprint density at radius 2 is 1.81 bits per heavy atom. The number of aromatic nitrogens is 1. The third-order valence-corrected chi connectivity index (χ3v) is 6.76. The van der Waals surface area contributed by atoms with E-state index in [1.54, 1.807) is 38.2 Å². The van der Waals surface area contributed by atoms with Gasteiger partial charge in [0.05, 0.1) is 50.6 Å². The molecule has 0 radical (unpaired) electrons. The number of hydrogen-bond donors (Lipinski definition) is 1. The van der Waals surface area contributed by atoms with Gasteiger partial charge < -0.3 is 33.1 Å². The summed E-state index contributed by atoms with van der Waals surface area (Å²) in [7, 11) is -1.19. The second-order valence-electron chi connectivity index (χ2n) is 6.45. The second-order valence-corrected chi connectivity index (χ2v) is 8.48. The zero-order valence-electron chi connectivity index (χ0n) is 17.8. The maximum Gasteiger partial charge on any atom is 0.361 e. The van der Waals surface area contributed by atoms with Crippen LogP contribution in [0.3, 0.4) is 0 Å². The summed E-state index contributed by atoms with van der Waals surface area (Å²) in [5.74, 6) is -1.43. The molecule has 1 aliphatic heterocycles. The zero-order chi connectivity index (χ0) is 22.6. The molecule has 31 heavy (non-hydrogen) atoms. The Balaban J connectivity index is 2.25. The van der Waals surface area contributed by atoms with E-state index < -0.39 is 19.5 Å². The Hall–Kier alpha value is -2.65. The fourth-order valence-corrected chi connectivity index (χ4v) is 4.99. The number of nitrogens with zero attached hydrogens (tertiary/aromatic N) is 1. The monoisotopic (exact) mass is 452 g/mol. The number of rotatable bonds is 8. The van der Waals surface area contributed by atoms with E-state index in [9.17, 15) is 14.2 Å². The Kier molecular flexibility index (Phi) is 7.17. The fourth-order valence-electron chi connectivity index (χ4n) is 3.37. The van der Waals surface area contributed by atoms with E-state index in [2.05, 4.69) is 4.98 Å². The molecule has 2 aromatic rings. The van der Waals surface area contributed by atoms with Crippen LogP contribution in [0.4, 0.5) is 5.69 Å². The van der Waals surface area contributed by atoms with Gasteiger partial charge in [-0.1, -0.05) is 0 Å². The van der Waals surface area contributed by atoms with Crippen molar-refractivity contribution >= 4 is 41.4 Å². The van der Waals surface area contributed by atoms with Crippen LogP contribution in [-0.4, -0.2) is 57.7 Å². The number of nitrogens with one attached hydrogen (secondary N) is 1. The first-order valence-corrected chi connectivity index (χ1v) is 11.2. The summed E-state index contributed by atoms with van der Waals surface area (Å²) in [6.07, 6.45) is 1.71. The van der Waals surface area contributed by atoms with Crippen LogP contribution in [0.2, 0.25) is 0 Å². The molecule has 0 saturated carbocycles. The van der Waals surface area contributed by atoms with Gasteiger partial charge in [0.25, 0.3) is 0 Å². The summed E-state index contributed by atoms with van der Waals surface area (Å²) in [5.41, 5.74) is 1.12. The van der Waals surface area contributed by atoms with Gasteiger partial charge in [-0.25, -0.2) is 9.59 Å². The first-order chi connectivity index (χ1) is 14.9. The van der Waals surface area contributed by atoms with Gasteiger partial charge in [-0.05, 0) is 32.0 Å². The van der Waals surface area contributed by atoms with E-state index in [0.717, 1.165) is 0 Å². The van der Waals surface area contributed by atoms with Crippen molar-refractivity contribution in [3.05, 3.63) is 35.7 Å². The second kappa shape index (κ2) is 9.65. The molecule has 0 bridgehead atoms. The van der Waals surface area contributed by atoms with E-state index in [1.807, 2.05) is 0 Å². The minimum atomic E-state index is -3.63. The molecule has 11 heteroatoms. The Morgan fingerprint density at radius 3 is 2.42 bits per heavy atom. The number of anilines is 1. The van der Waals surface area contributed by atoms with Crippen molar-refractivity contribution in [2.24, 2.45) is 0 Å². The lowest BCUT2D eigenvalue weighted by atomic mass is 10.1. The summed E-state index contributed by atoms with van der Waals surface area (Å²) in [6.45, 7) is 3.66. The molecule has 1 aromatic carbocycles. The zero-order valence-corrected chi connectivity index (χ0v) is 18.7. The molecule has 168 valence electrons. The molecular formula is C20H25N2O8P. The van der Waals surface area contributed by atoms with Crippen molar-refractivity contribution in [3.8, 4) is 0 Å². The van der Waals surface area contributed by atoms with E-state index >= 15 is 0 Å². The van der Waals surface area contributed by atoms with Crippen LogP contribution in [0, 0.1) is 0 Å². The molecule has 1 aromatic heterocycles. The van der Waals surface area contributed by atoms with Crippen LogP contribution in [-0.2, 0) is 37.4 Å². The number of aromatic amines is 1. The predicted octanol–water partition coefficient (Wildman–Crippen LogP) is 2.45. The molecule has 10 nitrogen and oxygen atoms in total. The van der Waals surface area contributed by atoms with Crippen LogP contribution < -0.4 is 10.2 Å². The molecule has 0 unspecified atom stereocenters. The smallest absolute Gasteiger partial charge is 0.361 e. The maximum atomic E-state index is 13.4. The Bertz CT molecular complexity index is 1050. The van der Waals surface area contributed by atoms with Gasteiger partial charge in [-0.3, -0.25) is 4.57 Å². The quantitative estimate of drug-likeness (QED) is 0.476. The van der Waals surface area contributed by atoms with Crippen LogP contribution in [0.15, 0.2) is 35.7 Å². The molecule has 0 spiro atoms. The van der Waals surface area contributed by atoms with Gasteiger partial charge in [-0.15, -0.1) is 0 Å². The number of ether oxygens (including phenoxy) is 3. The number of esters is 2. The van der Waals surface area contributed by atoms with Crippen LogP contribution >= 0.6 is 7.60 Å². The minimum absolute atomic E-state index is 0.0112. The Morgan fingerprint density at radius 1 is 1.13 bits per heavy atom. The van der Waals surface area contributed by atoms with Crippen molar-refractivity contribution in [1.29, 1.82) is 0 Å². The first-order valence-electron chi connectivity index (χ1n) is 9.66. The van der Waals surface area contributed by atoms with E-state index in [-0.39, 0.29) is 37.8 Å². The molecule has 1 aliphatic rings. The third-order valence-electron chi connectivity index (χ3n) is 4.67. The summed E-state index contributed by atoms with van der Waals surface area (Å²) in [4.78, 5) is 29.5. The number of carbonyl (C=O) groups excluding carboxylic acids is 2. The van der Waals surface area contributed by atoms with Crippen LogP contribution in [0.1, 0.15) is 13.8 Å². The SMILES string of the molecule is CCOP(=O)(OCC)c1cc(N2COCC(C(=O)OC)=C2C(=O)OC)c2cc[nH]c2c1. The van der Waals surface area contributed by atoms with Crippen LogP contribution in [0.25, 0.3) is 10.9 Å². The largest absolute Gasteiger partial charge is 0.466 e. The number of methoxy groups -OCH3 is 2. The average molecular weight is 452 g/mol. The van der Waals surface area contributed by atoms with Crippen molar-refractivity contribution in [2.75, 3.05) is 45.7 Å². The van der Waals surface area contributed by atoms with Gasteiger partial charge >= 0.3 is 19.5 Å². The fraction of sp³-hybridized carbons (Fsp3) is 0.400. The molecule has 0 atom stereocenters. The molecule has 3 rings (SSSR count). The van der Waals surface area contributed by atoms with Crippen molar-refractivity contribution < 1.29 is 37.4 Å². The summed E-state index contributed by atoms with van der Waals surface area (Å²) in [5, 5.41) is 1.01. The minimum Gasteiger partial charge on any atom is -0.466 e. The van der Waals surface area contributed by atoms with Gasteiger partial charge in [0, 0.05) is 17.1 Å². The highest BCUT2D eigenvalue weighted by molar-refractivity contribution is 7.62. The van der Waals surface area contributed by atoms with Gasteiger partial charge in [0.2, 0.25) is 0 Å². The first kappa shape index (κ1) is 23.0. The maximum absolute atomic E-state index is 13.4. The molecule has 2 heterocycles. The van der Waals surface area contributed by atoms with Crippen molar-refractivity contribution in [2.45, 2.75) is 13.8 Å². The van der Waals surface area contributed by atoms with Crippen molar-refractivity contribution in [3.63, 3.8) is 0 Å². The Labute approximate surface area is 179 Å². The lowest BCUT2D eigenvalue weighted by molar-refractivity contribution is -0.140. The number of hydrogen-bond acceptors (Lipinski definition) is 9. The summed E-state index contributed by atoms with van der Waals surface area (Å²) in [6, 6.07) is 5.08. The number of carbonyl (C=O) groups is 2. The number of H-pyrrole nitrogens is 1. The van der Waals surface area contributed by atoms with E-state index in [0.29, 0.717) is 21.9 Å². The number of benzene rings is 1. The standard InChI is InChI=1S/C20H25N2O8P/c1-5-29-31(25,30-6-2)13-9-16-14(7-8-21-16)17(10-13)22-12-28-11-15(19(23)26-3)18(22)20(24)27-4/h7-10,21H,5-6,11-12H2,1-4H3. The average Bonchev–Trinajstić information content (AvgIpc) is 3.26. The molecule has 0 saturated heterocycles. The summed E-state index contributed by atoms with van der Waals surface area (Å²) >= 11 is 0. The van der Waals surface area contributed by atoms with E-state index in [4.69, 9.17) is 23.3 Å². The summed E-state index contributed by atoms with van der Waals surface area (Å²) < 4.78 is 39.7. The molecular weight excluding hydrogens is 427 g/mol. The molecule has 0 fully saturated rings. The normalized spacial score (nSPS) is 14.8. The van der Waals surface area contributed by atoms with Crippen molar-refractivity contribution in [1.82, 2.24) is 4.98 Å². The van der Waals surface area contributed by atoms with Gasteiger partial charge in [0.15, 0.2) is 0 Å². The highest BCUT2D eigenvalue weighted by Crippen LogP contribution is 2.48. The third kappa shape index (κ3) is 4.38. The lowest BCUT2D eigenvalue weighted by Gasteiger charge is -2.32. The predicted molar refractivity (Wildman–Crippen MR) is 113 cm³/mol. The molecule has 1 N–H and O–H groups in total.